The predicted molar refractivity (Wildman–Crippen MR) is 62.2 cm³/mol. The summed E-state index contributed by atoms with van der Waals surface area (Å²) in [7, 11) is -2.37. The van der Waals surface area contributed by atoms with E-state index in [9.17, 15) is 13.2 Å². The molecule has 0 aliphatic heterocycles. The summed E-state index contributed by atoms with van der Waals surface area (Å²) in [4.78, 5) is 11.6. The Morgan fingerprint density at radius 1 is 1.47 bits per heavy atom. The van der Waals surface area contributed by atoms with Gasteiger partial charge in [-0.1, -0.05) is 6.92 Å². The molecule has 1 amide bonds. The van der Waals surface area contributed by atoms with Crippen LogP contribution >= 0.6 is 0 Å². The molecule has 17 heavy (non-hydrogen) atoms. The van der Waals surface area contributed by atoms with Gasteiger partial charge in [0.05, 0.1) is 0 Å². The SMILES string of the molecule is CC[C@H](C)NC(=O)c1ccc(S(=O)(=O)NC)o1. The van der Waals surface area contributed by atoms with Gasteiger partial charge in [-0.15, -0.1) is 0 Å². The molecule has 0 spiro atoms. The zero-order valence-corrected chi connectivity index (χ0v) is 10.8. The molecule has 1 atom stereocenters. The summed E-state index contributed by atoms with van der Waals surface area (Å²) < 4.78 is 29.8. The lowest BCUT2D eigenvalue weighted by Crippen LogP contribution is -2.31. The number of furan rings is 1. The van der Waals surface area contributed by atoms with Crippen molar-refractivity contribution in [2.45, 2.75) is 31.4 Å². The van der Waals surface area contributed by atoms with Crippen LogP contribution in [0.4, 0.5) is 0 Å². The Morgan fingerprint density at radius 3 is 2.65 bits per heavy atom. The molecule has 0 unspecified atom stereocenters. The first-order valence-electron chi connectivity index (χ1n) is 5.25. The van der Waals surface area contributed by atoms with Crippen LogP contribution in [0.1, 0.15) is 30.8 Å². The van der Waals surface area contributed by atoms with Crippen LogP contribution in [-0.4, -0.2) is 27.4 Å². The molecule has 1 rings (SSSR count). The molecule has 2 N–H and O–H groups in total. The van der Waals surface area contributed by atoms with Crippen molar-refractivity contribution in [3.63, 3.8) is 0 Å². The van der Waals surface area contributed by atoms with E-state index in [4.69, 9.17) is 4.42 Å². The minimum atomic E-state index is -3.64. The molecular weight excluding hydrogens is 244 g/mol. The summed E-state index contributed by atoms with van der Waals surface area (Å²) >= 11 is 0. The number of hydrogen-bond acceptors (Lipinski definition) is 4. The molecule has 1 aromatic heterocycles. The molecule has 0 bridgehead atoms. The van der Waals surface area contributed by atoms with Gasteiger partial charge in [-0.2, -0.15) is 0 Å². The van der Waals surface area contributed by atoms with Crippen molar-refractivity contribution in [2.24, 2.45) is 0 Å². The first-order valence-corrected chi connectivity index (χ1v) is 6.73. The summed E-state index contributed by atoms with van der Waals surface area (Å²) in [6.45, 7) is 3.79. The molecule has 0 aromatic carbocycles. The minimum Gasteiger partial charge on any atom is -0.438 e. The van der Waals surface area contributed by atoms with Gasteiger partial charge in [-0.25, -0.2) is 13.1 Å². The van der Waals surface area contributed by atoms with Crippen molar-refractivity contribution >= 4 is 15.9 Å². The fourth-order valence-corrected chi connectivity index (χ4v) is 1.73. The van der Waals surface area contributed by atoms with Crippen molar-refractivity contribution in [1.82, 2.24) is 10.0 Å². The highest BCUT2D eigenvalue weighted by atomic mass is 32.2. The molecule has 6 nitrogen and oxygen atoms in total. The molecule has 0 fully saturated rings. The van der Waals surface area contributed by atoms with E-state index < -0.39 is 15.9 Å². The van der Waals surface area contributed by atoms with E-state index in [-0.39, 0.29) is 16.9 Å². The number of amides is 1. The summed E-state index contributed by atoms with van der Waals surface area (Å²) in [6, 6.07) is 2.59. The van der Waals surface area contributed by atoms with Gasteiger partial charge in [-0.3, -0.25) is 4.79 Å². The van der Waals surface area contributed by atoms with Crippen LogP contribution in [0.2, 0.25) is 0 Å². The van der Waals surface area contributed by atoms with Crippen molar-refractivity contribution in [1.29, 1.82) is 0 Å². The van der Waals surface area contributed by atoms with Crippen LogP contribution < -0.4 is 10.0 Å². The Hall–Kier alpha value is -1.34. The minimum absolute atomic E-state index is 0.0111. The lowest BCUT2D eigenvalue weighted by atomic mass is 10.2. The maximum atomic E-state index is 11.6. The van der Waals surface area contributed by atoms with Gasteiger partial charge >= 0.3 is 0 Å². The first-order chi connectivity index (χ1) is 7.90. The lowest BCUT2D eigenvalue weighted by molar-refractivity contribution is 0.0906. The number of carbonyl (C=O) groups excluding carboxylic acids is 1. The van der Waals surface area contributed by atoms with Gasteiger partial charge in [0.2, 0.25) is 5.09 Å². The van der Waals surface area contributed by atoms with E-state index in [0.29, 0.717) is 0 Å². The predicted octanol–water partition coefficient (Wildman–Crippen LogP) is 0.716. The number of carbonyl (C=O) groups is 1. The van der Waals surface area contributed by atoms with E-state index in [0.717, 1.165) is 6.42 Å². The topological polar surface area (TPSA) is 88.4 Å². The molecule has 7 heteroatoms. The maximum Gasteiger partial charge on any atom is 0.287 e. The number of nitrogens with one attached hydrogen (secondary N) is 2. The normalized spacial score (nSPS) is 13.4. The second kappa shape index (κ2) is 5.33. The Balaban J connectivity index is 2.85. The van der Waals surface area contributed by atoms with Gasteiger partial charge < -0.3 is 9.73 Å². The third kappa shape index (κ3) is 3.31. The lowest BCUT2D eigenvalue weighted by Gasteiger charge is -2.09. The molecule has 96 valence electrons. The second-order valence-electron chi connectivity index (χ2n) is 3.61. The van der Waals surface area contributed by atoms with Crippen LogP contribution in [0.3, 0.4) is 0 Å². The largest absolute Gasteiger partial charge is 0.438 e. The zero-order chi connectivity index (χ0) is 13.1. The van der Waals surface area contributed by atoms with Gasteiger partial charge in [0.1, 0.15) is 0 Å². The second-order valence-corrected chi connectivity index (χ2v) is 5.43. The number of rotatable bonds is 5. The smallest absolute Gasteiger partial charge is 0.287 e. The highest BCUT2D eigenvalue weighted by Gasteiger charge is 2.19. The van der Waals surface area contributed by atoms with E-state index in [1.807, 2.05) is 13.8 Å². The van der Waals surface area contributed by atoms with E-state index in [1.54, 1.807) is 0 Å². The van der Waals surface area contributed by atoms with Crippen LogP contribution in [0, 0.1) is 0 Å². The molecule has 1 heterocycles. The standard InChI is InChI=1S/C10H16N2O4S/c1-4-7(2)12-10(13)8-5-6-9(16-8)17(14,15)11-3/h5-7,11H,4H2,1-3H3,(H,12,13)/t7-/m0/s1. The molecule has 0 radical (unpaired) electrons. The first kappa shape index (κ1) is 13.7. The van der Waals surface area contributed by atoms with Crippen LogP contribution in [-0.2, 0) is 10.0 Å². The molecule has 0 saturated heterocycles. The third-order valence-corrected chi connectivity index (χ3v) is 3.62. The Bertz CT molecular complexity index is 492. The third-order valence-electron chi connectivity index (χ3n) is 2.33. The Morgan fingerprint density at radius 2 is 2.12 bits per heavy atom. The van der Waals surface area contributed by atoms with Gasteiger partial charge in [-0.05, 0) is 32.5 Å². The van der Waals surface area contributed by atoms with Crippen LogP contribution in [0.15, 0.2) is 21.6 Å². The molecule has 0 saturated carbocycles. The quantitative estimate of drug-likeness (QED) is 0.816. The highest BCUT2D eigenvalue weighted by Crippen LogP contribution is 2.13. The summed E-state index contributed by atoms with van der Waals surface area (Å²) in [6.07, 6.45) is 0.786. The number of sulfonamides is 1. The summed E-state index contributed by atoms with van der Waals surface area (Å²) in [5.41, 5.74) is 0. The van der Waals surface area contributed by atoms with Crippen LogP contribution in [0.5, 0.6) is 0 Å². The van der Waals surface area contributed by atoms with Crippen molar-refractivity contribution < 1.29 is 17.6 Å². The summed E-state index contributed by atoms with van der Waals surface area (Å²) in [5, 5.41) is 2.41. The monoisotopic (exact) mass is 260 g/mol. The summed E-state index contributed by atoms with van der Waals surface area (Å²) in [5.74, 6) is -0.434. The van der Waals surface area contributed by atoms with Gasteiger partial charge in [0, 0.05) is 6.04 Å². The van der Waals surface area contributed by atoms with E-state index in [1.165, 1.54) is 19.2 Å². The average Bonchev–Trinajstić information content (AvgIpc) is 2.78. The van der Waals surface area contributed by atoms with E-state index >= 15 is 0 Å². The molecule has 0 aliphatic carbocycles. The average molecular weight is 260 g/mol. The van der Waals surface area contributed by atoms with Gasteiger partial charge in [0.15, 0.2) is 5.76 Å². The van der Waals surface area contributed by atoms with Crippen molar-refractivity contribution in [3.8, 4) is 0 Å². The molecule has 1 aromatic rings. The van der Waals surface area contributed by atoms with E-state index in [2.05, 4.69) is 10.0 Å². The fraction of sp³-hybridized carbons (Fsp3) is 0.500. The fourth-order valence-electron chi connectivity index (χ4n) is 1.08. The Labute approximate surface area is 100 Å². The van der Waals surface area contributed by atoms with Crippen molar-refractivity contribution in [2.75, 3.05) is 7.05 Å². The highest BCUT2D eigenvalue weighted by molar-refractivity contribution is 7.89. The Kier molecular flexibility index (Phi) is 4.30. The van der Waals surface area contributed by atoms with Gasteiger partial charge in [0.25, 0.3) is 15.9 Å². The maximum absolute atomic E-state index is 11.6. The molecule has 0 aliphatic rings. The van der Waals surface area contributed by atoms with Crippen molar-refractivity contribution in [3.05, 3.63) is 17.9 Å². The van der Waals surface area contributed by atoms with Crippen LogP contribution in [0.25, 0.3) is 0 Å². The number of hydrogen-bond donors (Lipinski definition) is 2. The molecular formula is C10H16N2O4S. The zero-order valence-electron chi connectivity index (χ0n) is 9.98.